The van der Waals surface area contributed by atoms with Gasteiger partial charge in [0.25, 0.3) is 0 Å². The Bertz CT molecular complexity index is 817. The van der Waals surface area contributed by atoms with Gasteiger partial charge in [0.2, 0.25) is 5.13 Å². The third-order valence-corrected chi connectivity index (χ3v) is 4.54. The van der Waals surface area contributed by atoms with Crippen LogP contribution in [-0.2, 0) is 0 Å². The second-order valence-corrected chi connectivity index (χ2v) is 5.93. The van der Waals surface area contributed by atoms with E-state index in [9.17, 15) is 0 Å². The number of nitrogens with zero attached hydrogens (tertiary/aromatic N) is 3. The van der Waals surface area contributed by atoms with E-state index in [1.807, 2.05) is 41.8 Å². The minimum atomic E-state index is 0.431. The monoisotopic (exact) mass is 300 g/mol. The van der Waals surface area contributed by atoms with Crippen molar-refractivity contribution in [1.29, 1.82) is 0 Å². The van der Waals surface area contributed by atoms with Crippen molar-refractivity contribution in [2.75, 3.05) is 5.32 Å². The van der Waals surface area contributed by atoms with Crippen LogP contribution >= 0.6 is 22.7 Å². The van der Waals surface area contributed by atoms with E-state index in [1.54, 1.807) is 11.3 Å². The predicted octanol–water partition coefficient (Wildman–Crippen LogP) is 4.15. The van der Waals surface area contributed by atoms with Crippen LogP contribution in [0.5, 0.6) is 0 Å². The molecule has 3 heterocycles. The zero-order valence-electron chi connectivity index (χ0n) is 10.1. The van der Waals surface area contributed by atoms with Crippen molar-refractivity contribution >= 4 is 44.9 Å². The molecule has 0 aliphatic carbocycles. The Morgan fingerprint density at radius 3 is 2.85 bits per heavy atom. The fourth-order valence-corrected chi connectivity index (χ4v) is 3.32. The van der Waals surface area contributed by atoms with Gasteiger partial charge in [0.15, 0.2) is 10.6 Å². The molecule has 0 unspecified atom stereocenters. The van der Waals surface area contributed by atoms with Crippen LogP contribution in [0.4, 0.5) is 11.1 Å². The van der Waals surface area contributed by atoms with Crippen molar-refractivity contribution in [2.24, 2.45) is 0 Å². The second-order valence-electron chi connectivity index (χ2n) is 4.00. The maximum absolute atomic E-state index is 5.59. The molecule has 98 valence electrons. The SMILES string of the molecule is c1csc(-c2nnc(Nc3nc4ccccc4o3)s2)c1. The van der Waals surface area contributed by atoms with E-state index >= 15 is 0 Å². The average Bonchev–Trinajstić information content (AvgIpc) is 3.18. The Kier molecular flexibility index (Phi) is 2.71. The summed E-state index contributed by atoms with van der Waals surface area (Å²) in [5, 5.41) is 14.9. The predicted molar refractivity (Wildman–Crippen MR) is 80.5 cm³/mol. The van der Waals surface area contributed by atoms with E-state index in [-0.39, 0.29) is 0 Å². The van der Waals surface area contributed by atoms with E-state index < -0.39 is 0 Å². The lowest BCUT2D eigenvalue weighted by Crippen LogP contribution is -1.88. The Morgan fingerprint density at radius 2 is 2.00 bits per heavy atom. The van der Waals surface area contributed by atoms with Gasteiger partial charge >= 0.3 is 6.01 Å². The summed E-state index contributed by atoms with van der Waals surface area (Å²) in [6.45, 7) is 0. The third kappa shape index (κ3) is 2.06. The molecule has 0 aliphatic heterocycles. The molecule has 0 saturated carbocycles. The lowest BCUT2D eigenvalue weighted by molar-refractivity contribution is 0.622. The third-order valence-electron chi connectivity index (χ3n) is 2.66. The number of hydrogen-bond donors (Lipinski definition) is 1. The van der Waals surface area contributed by atoms with Crippen LogP contribution < -0.4 is 5.32 Å². The molecular formula is C13H8N4OS2. The number of rotatable bonds is 3. The molecule has 0 spiro atoms. The highest BCUT2D eigenvalue weighted by Gasteiger charge is 2.10. The summed E-state index contributed by atoms with van der Waals surface area (Å²) >= 11 is 3.11. The van der Waals surface area contributed by atoms with Gasteiger partial charge in [0, 0.05) is 0 Å². The van der Waals surface area contributed by atoms with E-state index in [2.05, 4.69) is 20.5 Å². The summed E-state index contributed by atoms with van der Waals surface area (Å²) in [4.78, 5) is 5.45. The van der Waals surface area contributed by atoms with Gasteiger partial charge in [0.1, 0.15) is 5.52 Å². The lowest BCUT2D eigenvalue weighted by Gasteiger charge is -1.92. The number of nitrogens with one attached hydrogen (secondary N) is 1. The van der Waals surface area contributed by atoms with Gasteiger partial charge in [-0.2, -0.15) is 4.98 Å². The quantitative estimate of drug-likeness (QED) is 0.615. The molecule has 0 bridgehead atoms. The van der Waals surface area contributed by atoms with Crippen LogP contribution in [0.15, 0.2) is 46.2 Å². The number of benzene rings is 1. The van der Waals surface area contributed by atoms with E-state index in [0.717, 1.165) is 21.0 Å². The maximum Gasteiger partial charge on any atom is 0.302 e. The number of oxazole rings is 1. The van der Waals surface area contributed by atoms with Gasteiger partial charge < -0.3 is 4.42 Å². The number of thiophene rings is 1. The molecule has 4 rings (SSSR count). The fraction of sp³-hybridized carbons (Fsp3) is 0. The van der Waals surface area contributed by atoms with Crippen molar-refractivity contribution in [2.45, 2.75) is 0 Å². The zero-order valence-corrected chi connectivity index (χ0v) is 11.7. The maximum atomic E-state index is 5.59. The summed E-state index contributed by atoms with van der Waals surface area (Å²) < 4.78 is 5.59. The molecule has 0 amide bonds. The Labute approximate surface area is 121 Å². The van der Waals surface area contributed by atoms with E-state index in [4.69, 9.17) is 4.42 Å². The normalized spacial score (nSPS) is 11.0. The Morgan fingerprint density at radius 1 is 1.05 bits per heavy atom. The van der Waals surface area contributed by atoms with Crippen LogP contribution in [0.2, 0.25) is 0 Å². The van der Waals surface area contributed by atoms with Crippen molar-refractivity contribution in [1.82, 2.24) is 15.2 Å². The zero-order chi connectivity index (χ0) is 13.4. The summed E-state index contributed by atoms with van der Waals surface area (Å²) in [6, 6.07) is 12.1. The molecule has 1 N–H and O–H groups in total. The van der Waals surface area contributed by atoms with Crippen LogP contribution in [0.3, 0.4) is 0 Å². The minimum Gasteiger partial charge on any atom is -0.423 e. The standard InChI is InChI=1S/C13H8N4OS2/c1-2-5-9-8(4-1)14-12(18-9)15-13-17-16-11(20-13)10-6-3-7-19-10/h1-7H,(H,14,15,17). The largest absolute Gasteiger partial charge is 0.423 e. The Hall–Kier alpha value is -2.25. The van der Waals surface area contributed by atoms with Crippen LogP contribution in [0, 0.1) is 0 Å². The van der Waals surface area contributed by atoms with Crippen LogP contribution in [-0.4, -0.2) is 15.2 Å². The average molecular weight is 300 g/mol. The van der Waals surface area contributed by atoms with Gasteiger partial charge in [-0.15, -0.1) is 21.5 Å². The highest BCUT2D eigenvalue weighted by molar-refractivity contribution is 7.22. The number of hydrogen-bond acceptors (Lipinski definition) is 7. The molecule has 4 aromatic rings. The van der Waals surface area contributed by atoms with Gasteiger partial charge in [-0.3, -0.25) is 5.32 Å². The molecule has 0 fully saturated rings. The number of fused-ring (bicyclic) bond motifs is 1. The summed E-state index contributed by atoms with van der Waals surface area (Å²) in [5.74, 6) is 0. The Balaban J connectivity index is 1.62. The molecule has 0 radical (unpaired) electrons. The molecule has 0 aliphatic rings. The second kappa shape index (κ2) is 4.69. The molecule has 0 atom stereocenters. The van der Waals surface area contributed by atoms with Gasteiger partial charge in [0.05, 0.1) is 4.88 Å². The van der Waals surface area contributed by atoms with Crippen molar-refractivity contribution in [3.05, 3.63) is 41.8 Å². The highest BCUT2D eigenvalue weighted by Crippen LogP contribution is 2.31. The van der Waals surface area contributed by atoms with Crippen molar-refractivity contribution in [3.63, 3.8) is 0 Å². The summed E-state index contributed by atoms with van der Waals surface area (Å²) in [5.41, 5.74) is 1.57. The van der Waals surface area contributed by atoms with Crippen LogP contribution in [0.1, 0.15) is 0 Å². The smallest absolute Gasteiger partial charge is 0.302 e. The molecule has 3 aromatic heterocycles. The molecule has 5 nitrogen and oxygen atoms in total. The topological polar surface area (TPSA) is 63.8 Å². The number of para-hydroxylation sites is 2. The lowest BCUT2D eigenvalue weighted by atomic mass is 10.3. The summed E-state index contributed by atoms with van der Waals surface area (Å²) in [6.07, 6.45) is 0. The molecular weight excluding hydrogens is 292 g/mol. The molecule has 0 saturated heterocycles. The van der Waals surface area contributed by atoms with E-state index in [0.29, 0.717) is 11.1 Å². The first kappa shape index (κ1) is 11.6. The number of aromatic nitrogens is 3. The number of anilines is 2. The first-order valence-corrected chi connectivity index (χ1v) is 7.58. The minimum absolute atomic E-state index is 0.431. The van der Waals surface area contributed by atoms with Crippen LogP contribution in [0.25, 0.3) is 21.0 Å². The van der Waals surface area contributed by atoms with E-state index in [1.165, 1.54) is 11.3 Å². The first-order valence-electron chi connectivity index (χ1n) is 5.88. The van der Waals surface area contributed by atoms with Gasteiger partial charge in [-0.1, -0.05) is 29.5 Å². The molecule has 20 heavy (non-hydrogen) atoms. The van der Waals surface area contributed by atoms with Gasteiger partial charge in [-0.05, 0) is 23.6 Å². The van der Waals surface area contributed by atoms with Gasteiger partial charge in [-0.25, -0.2) is 0 Å². The first-order chi connectivity index (χ1) is 9.88. The molecule has 1 aromatic carbocycles. The van der Waals surface area contributed by atoms with Crippen molar-refractivity contribution < 1.29 is 4.42 Å². The van der Waals surface area contributed by atoms with Crippen molar-refractivity contribution in [3.8, 4) is 9.88 Å². The summed E-state index contributed by atoms with van der Waals surface area (Å²) in [7, 11) is 0. The fourth-order valence-electron chi connectivity index (χ4n) is 1.79. The molecule has 7 heteroatoms. The highest BCUT2D eigenvalue weighted by atomic mass is 32.1.